The van der Waals surface area contributed by atoms with Crippen molar-refractivity contribution in [2.24, 2.45) is 0 Å². The Labute approximate surface area is 90.0 Å². The van der Waals surface area contributed by atoms with Crippen molar-refractivity contribution in [3.8, 4) is 11.5 Å². The number of ketones is 1. The molecular weight excluding hydrogens is 192 g/mol. The topological polar surface area (TPSA) is 35.5 Å². The zero-order valence-corrected chi connectivity index (χ0v) is 9.59. The van der Waals surface area contributed by atoms with E-state index in [2.05, 4.69) is 0 Å². The molecular formula is C12H16O3. The average molecular weight is 208 g/mol. The second-order valence-electron chi connectivity index (χ2n) is 3.50. The molecule has 1 aromatic carbocycles. The van der Waals surface area contributed by atoms with Crippen LogP contribution in [-0.2, 0) is 11.2 Å². The highest BCUT2D eigenvalue weighted by molar-refractivity contribution is 5.79. The second-order valence-corrected chi connectivity index (χ2v) is 3.50. The molecule has 0 aliphatic rings. The van der Waals surface area contributed by atoms with Crippen molar-refractivity contribution in [1.82, 2.24) is 0 Å². The number of benzene rings is 1. The average Bonchev–Trinajstić information content (AvgIpc) is 2.20. The third-order valence-electron chi connectivity index (χ3n) is 2.29. The minimum absolute atomic E-state index is 0.126. The molecule has 0 radical (unpaired) electrons. The van der Waals surface area contributed by atoms with Gasteiger partial charge in [0.05, 0.1) is 14.2 Å². The van der Waals surface area contributed by atoms with Crippen molar-refractivity contribution in [2.45, 2.75) is 20.3 Å². The summed E-state index contributed by atoms with van der Waals surface area (Å²) in [5, 5.41) is 0. The molecule has 0 bridgehead atoms. The van der Waals surface area contributed by atoms with Crippen LogP contribution >= 0.6 is 0 Å². The Bertz CT molecular complexity index is 369. The summed E-state index contributed by atoms with van der Waals surface area (Å²) in [4.78, 5) is 11.1. The third-order valence-corrected chi connectivity index (χ3v) is 2.29. The van der Waals surface area contributed by atoms with Crippen LogP contribution in [-0.4, -0.2) is 20.0 Å². The van der Waals surface area contributed by atoms with Gasteiger partial charge >= 0.3 is 0 Å². The van der Waals surface area contributed by atoms with Gasteiger partial charge in [-0.2, -0.15) is 0 Å². The molecule has 0 spiro atoms. The van der Waals surface area contributed by atoms with Crippen molar-refractivity contribution < 1.29 is 14.3 Å². The highest BCUT2D eigenvalue weighted by Gasteiger charge is 2.10. The Balaban J connectivity index is 3.18. The Morgan fingerprint density at radius 2 is 1.93 bits per heavy atom. The Hall–Kier alpha value is -1.51. The number of Topliss-reactive ketones (excluding diaryl/α,β-unsaturated/α-hetero) is 1. The van der Waals surface area contributed by atoms with Gasteiger partial charge in [0.15, 0.2) is 0 Å². The number of ether oxygens (including phenoxy) is 2. The minimum Gasteiger partial charge on any atom is -0.497 e. The Morgan fingerprint density at radius 1 is 1.27 bits per heavy atom. The van der Waals surface area contributed by atoms with Crippen LogP contribution in [0.5, 0.6) is 11.5 Å². The second kappa shape index (κ2) is 4.82. The van der Waals surface area contributed by atoms with E-state index in [0.717, 1.165) is 16.9 Å². The number of methoxy groups -OCH3 is 2. The summed E-state index contributed by atoms with van der Waals surface area (Å²) < 4.78 is 10.4. The summed E-state index contributed by atoms with van der Waals surface area (Å²) in [5.41, 5.74) is 1.95. The fourth-order valence-electron chi connectivity index (χ4n) is 1.53. The van der Waals surface area contributed by atoms with E-state index < -0.39 is 0 Å². The largest absolute Gasteiger partial charge is 0.497 e. The number of hydrogen-bond acceptors (Lipinski definition) is 3. The molecule has 3 heteroatoms. The lowest BCUT2D eigenvalue weighted by Crippen LogP contribution is -2.02. The summed E-state index contributed by atoms with van der Waals surface area (Å²) in [6.07, 6.45) is 0.402. The van der Waals surface area contributed by atoms with Gasteiger partial charge in [0.1, 0.15) is 17.3 Å². The van der Waals surface area contributed by atoms with Crippen LogP contribution in [0, 0.1) is 6.92 Å². The van der Waals surface area contributed by atoms with E-state index in [1.807, 2.05) is 13.0 Å². The summed E-state index contributed by atoms with van der Waals surface area (Å²) in [5.74, 6) is 1.58. The smallest absolute Gasteiger partial charge is 0.134 e. The molecule has 0 saturated carbocycles. The quantitative estimate of drug-likeness (QED) is 0.760. The van der Waals surface area contributed by atoms with E-state index in [4.69, 9.17) is 9.47 Å². The van der Waals surface area contributed by atoms with Crippen LogP contribution in [0.4, 0.5) is 0 Å². The molecule has 1 aromatic rings. The molecule has 0 heterocycles. The molecule has 0 aromatic heterocycles. The molecule has 0 saturated heterocycles. The lowest BCUT2D eigenvalue weighted by molar-refractivity contribution is -0.116. The maximum Gasteiger partial charge on any atom is 0.134 e. The molecule has 0 unspecified atom stereocenters. The van der Waals surface area contributed by atoms with E-state index in [0.29, 0.717) is 12.2 Å². The maximum atomic E-state index is 11.1. The molecule has 0 fully saturated rings. The fraction of sp³-hybridized carbons (Fsp3) is 0.417. The molecule has 0 amide bonds. The van der Waals surface area contributed by atoms with E-state index >= 15 is 0 Å². The van der Waals surface area contributed by atoms with Crippen molar-refractivity contribution >= 4 is 5.78 Å². The lowest BCUT2D eigenvalue weighted by Gasteiger charge is -2.12. The van der Waals surface area contributed by atoms with E-state index in [1.54, 1.807) is 27.2 Å². The molecule has 3 nitrogen and oxygen atoms in total. The molecule has 0 aliphatic heterocycles. The first-order valence-electron chi connectivity index (χ1n) is 4.79. The zero-order chi connectivity index (χ0) is 11.4. The predicted octanol–water partition coefficient (Wildman–Crippen LogP) is 2.14. The molecule has 1 rings (SSSR count). The van der Waals surface area contributed by atoms with Gasteiger partial charge in [-0.1, -0.05) is 0 Å². The summed E-state index contributed by atoms with van der Waals surface area (Å²) in [7, 11) is 3.21. The number of carbonyl (C=O) groups excluding carboxylic acids is 1. The first-order valence-corrected chi connectivity index (χ1v) is 4.79. The number of aryl methyl sites for hydroxylation is 1. The van der Waals surface area contributed by atoms with Gasteiger partial charge in [0.25, 0.3) is 0 Å². The summed E-state index contributed by atoms with van der Waals surface area (Å²) >= 11 is 0. The standard InChI is InChI=1S/C12H16O3/c1-8-5-10(14-3)7-12(15-4)11(8)6-9(2)13/h5,7H,6H2,1-4H3. The summed E-state index contributed by atoms with van der Waals surface area (Å²) in [6, 6.07) is 3.70. The maximum absolute atomic E-state index is 11.1. The number of rotatable bonds is 4. The summed E-state index contributed by atoms with van der Waals surface area (Å²) in [6.45, 7) is 3.52. The molecule has 0 N–H and O–H groups in total. The third kappa shape index (κ3) is 2.72. The van der Waals surface area contributed by atoms with Gasteiger partial charge in [-0.3, -0.25) is 4.79 Å². The SMILES string of the molecule is COc1cc(C)c(CC(C)=O)c(OC)c1. The van der Waals surface area contributed by atoms with Crippen molar-refractivity contribution in [1.29, 1.82) is 0 Å². The van der Waals surface area contributed by atoms with Crippen LogP contribution in [0.1, 0.15) is 18.1 Å². The van der Waals surface area contributed by atoms with Crippen LogP contribution < -0.4 is 9.47 Å². The van der Waals surface area contributed by atoms with Gasteiger partial charge in [-0.05, 0) is 25.5 Å². The fourth-order valence-corrected chi connectivity index (χ4v) is 1.53. The number of hydrogen-bond donors (Lipinski definition) is 0. The van der Waals surface area contributed by atoms with E-state index in [9.17, 15) is 4.79 Å². The Morgan fingerprint density at radius 3 is 2.40 bits per heavy atom. The highest BCUT2D eigenvalue weighted by atomic mass is 16.5. The van der Waals surface area contributed by atoms with Gasteiger partial charge in [0.2, 0.25) is 0 Å². The minimum atomic E-state index is 0.126. The normalized spacial score (nSPS) is 9.87. The predicted molar refractivity (Wildman–Crippen MR) is 58.7 cm³/mol. The van der Waals surface area contributed by atoms with Gasteiger partial charge in [0, 0.05) is 18.1 Å². The highest BCUT2D eigenvalue weighted by Crippen LogP contribution is 2.28. The molecule has 0 atom stereocenters. The van der Waals surface area contributed by atoms with Gasteiger partial charge in [-0.15, -0.1) is 0 Å². The number of carbonyl (C=O) groups is 1. The van der Waals surface area contributed by atoms with Crippen molar-refractivity contribution in [2.75, 3.05) is 14.2 Å². The van der Waals surface area contributed by atoms with Gasteiger partial charge in [-0.25, -0.2) is 0 Å². The van der Waals surface area contributed by atoms with Crippen LogP contribution in [0.2, 0.25) is 0 Å². The monoisotopic (exact) mass is 208 g/mol. The zero-order valence-electron chi connectivity index (χ0n) is 9.59. The molecule has 82 valence electrons. The Kier molecular flexibility index (Phi) is 3.72. The first kappa shape index (κ1) is 11.6. The van der Waals surface area contributed by atoms with E-state index in [1.165, 1.54) is 0 Å². The van der Waals surface area contributed by atoms with Crippen molar-refractivity contribution in [3.63, 3.8) is 0 Å². The first-order chi connectivity index (χ1) is 7.08. The lowest BCUT2D eigenvalue weighted by atomic mass is 10.0. The van der Waals surface area contributed by atoms with E-state index in [-0.39, 0.29) is 5.78 Å². The van der Waals surface area contributed by atoms with Crippen LogP contribution in [0.3, 0.4) is 0 Å². The van der Waals surface area contributed by atoms with Gasteiger partial charge < -0.3 is 9.47 Å². The van der Waals surface area contributed by atoms with Crippen LogP contribution in [0.15, 0.2) is 12.1 Å². The van der Waals surface area contributed by atoms with Crippen LogP contribution in [0.25, 0.3) is 0 Å². The van der Waals surface area contributed by atoms with Crippen molar-refractivity contribution in [3.05, 3.63) is 23.3 Å². The molecule has 0 aliphatic carbocycles. The molecule has 15 heavy (non-hydrogen) atoms.